The topological polar surface area (TPSA) is 26.3 Å². The minimum absolute atomic E-state index is 0.199. The van der Waals surface area contributed by atoms with Gasteiger partial charge in [0.15, 0.2) is 11.6 Å². The number of rotatable bonds is 9. The number of benzene rings is 1. The summed E-state index contributed by atoms with van der Waals surface area (Å²) in [5.74, 6) is -3.99. The molecule has 0 amide bonds. The van der Waals surface area contributed by atoms with E-state index in [4.69, 9.17) is 4.74 Å². The second kappa shape index (κ2) is 10.0. The lowest BCUT2D eigenvalue weighted by molar-refractivity contribution is -0.137. The second-order valence-corrected chi connectivity index (χ2v) is 5.06. The van der Waals surface area contributed by atoms with E-state index in [-0.39, 0.29) is 5.56 Å². The van der Waals surface area contributed by atoms with Gasteiger partial charge in [0.2, 0.25) is 0 Å². The van der Waals surface area contributed by atoms with Crippen molar-refractivity contribution in [2.75, 3.05) is 6.61 Å². The van der Waals surface area contributed by atoms with Gasteiger partial charge in [0.1, 0.15) is 5.82 Å². The van der Waals surface area contributed by atoms with Crippen molar-refractivity contribution in [3.8, 4) is 0 Å². The third-order valence-electron chi connectivity index (χ3n) is 3.18. The predicted molar refractivity (Wildman–Crippen MR) is 79.7 cm³/mol. The quantitative estimate of drug-likeness (QED) is 0.277. The molecule has 1 aromatic rings. The highest BCUT2D eigenvalue weighted by atomic mass is 19.2. The zero-order chi connectivity index (χ0) is 16.4. The van der Waals surface area contributed by atoms with Gasteiger partial charge in [0.05, 0.1) is 6.61 Å². The zero-order valence-corrected chi connectivity index (χ0v) is 12.7. The Labute approximate surface area is 129 Å². The summed E-state index contributed by atoms with van der Waals surface area (Å²) in [5, 5.41) is 0. The number of hydrogen-bond acceptors (Lipinski definition) is 2. The van der Waals surface area contributed by atoms with Crippen LogP contribution in [-0.2, 0) is 9.53 Å². The number of carbonyl (C=O) groups excluding carboxylic acids is 1. The first-order valence-corrected chi connectivity index (χ1v) is 7.54. The molecule has 0 bridgehead atoms. The number of carbonyl (C=O) groups is 1. The Morgan fingerprint density at radius 3 is 2.36 bits per heavy atom. The Bertz CT molecular complexity index is 513. The first kappa shape index (κ1) is 18.3. The predicted octanol–water partition coefficient (Wildman–Crippen LogP) is 5.02. The fourth-order valence-corrected chi connectivity index (χ4v) is 1.93. The zero-order valence-electron chi connectivity index (χ0n) is 12.7. The first-order valence-electron chi connectivity index (χ1n) is 7.54. The number of esters is 1. The third-order valence-corrected chi connectivity index (χ3v) is 3.18. The van der Waals surface area contributed by atoms with Gasteiger partial charge in [-0.25, -0.2) is 18.0 Å². The lowest BCUT2D eigenvalue weighted by Crippen LogP contribution is -2.02. The van der Waals surface area contributed by atoms with Crippen molar-refractivity contribution in [2.45, 2.75) is 45.4 Å². The maximum atomic E-state index is 13.3. The molecule has 2 nitrogen and oxygen atoms in total. The molecule has 0 N–H and O–H groups in total. The van der Waals surface area contributed by atoms with E-state index in [0.717, 1.165) is 31.4 Å². The van der Waals surface area contributed by atoms with Crippen LogP contribution in [0.2, 0.25) is 0 Å². The average molecular weight is 314 g/mol. The summed E-state index contributed by atoms with van der Waals surface area (Å²) in [4.78, 5) is 11.4. The van der Waals surface area contributed by atoms with Gasteiger partial charge in [-0.15, -0.1) is 0 Å². The van der Waals surface area contributed by atoms with Gasteiger partial charge in [0, 0.05) is 17.7 Å². The molecule has 0 atom stereocenters. The summed E-state index contributed by atoms with van der Waals surface area (Å²) in [6, 6.07) is 1.14. The molecule has 0 saturated carbocycles. The van der Waals surface area contributed by atoms with E-state index in [1.807, 2.05) is 0 Å². The first-order chi connectivity index (χ1) is 10.5. The maximum Gasteiger partial charge on any atom is 0.330 e. The van der Waals surface area contributed by atoms with Gasteiger partial charge in [-0.3, -0.25) is 0 Å². The van der Waals surface area contributed by atoms with Gasteiger partial charge in [-0.05, 0) is 18.6 Å². The molecule has 0 aromatic heterocycles. The van der Waals surface area contributed by atoms with Crippen LogP contribution in [0.5, 0.6) is 0 Å². The highest BCUT2D eigenvalue weighted by molar-refractivity contribution is 5.87. The molecule has 0 aliphatic carbocycles. The number of hydrogen-bond donors (Lipinski definition) is 0. The summed E-state index contributed by atoms with van der Waals surface area (Å²) in [6.45, 7) is 2.44. The molecule has 22 heavy (non-hydrogen) atoms. The van der Waals surface area contributed by atoms with E-state index in [2.05, 4.69) is 6.92 Å². The van der Waals surface area contributed by atoms with Crippen molar-refractivity contribution < 1.29 is 22.7 Å². The normalized spacial score (nSPS) is 11.1. The van der Waals surface area contributed by atoms with Crippen LogP contribution >= 0.6 is 0 Å². The van der Waals surface area contributed by atoms with Crippen LogP contribution in [-0.4, -0.2) is 12.6 Å². The average Bonchev–Trinajstić information content (AvgIpc) is 2.48. The SMILES string of the molecule is CCCCCCCCOC(=O)/C=C/c1cc(F)c(F)cc1F. The Kier molecular flexibility index (Phi) is 8.33. The summed E-state index contributed by atoms with van der Waals surface area (Å²) in [5.41, 5.74) is -0.199. The van der Waals surface area contributed by atoms with Crippen molar-refractivity contribution in [1.82, 2.24) is 0 Å². The molecule has 0 aliphatic heterocycles. The molecular formula is C17H21F3O2. The van der Waals surface area contributed by atoms with E-state index in [0.29, 0.717) is 18.7 Å². The molecule has 0 heterocycles. The van der Waals surface area contributed by atoms with E-state index in [1.54, 1.807) is 0 Å². The van der Waals surface area contributed by atoms with E-state index in [9.17, 15) is 18.0 Å². The van der Waals surface area contributed by atoms with Gasteiger partial charge < -0.3 is 4.74 Å². The standard InChI is InChI=1S/C17H21F3O2/c1-2-3-4-5-6-7-10-22-17(21)9-8-13-11-15(19)16(20)12-14(13)18/h8-9,11-12H,2-7,10H2,1H3/b9-8+. The van der Waals surface area contributed by atoms with Crippen LogP contribution in [0, 0.1) is 17.5 Å². The fraction of sp³-hybridized carbons (Fsp3) is 0.471. The van der Waals surface area contributed by atoms with Crippen LogP contribution in [0.4, 0.5) is 13.2 Å². The largest absolute Gasteiger partial charge is 0.463 e. The number of halogens is 3. The lowest BCUT2D eigenvalue weighted by atomic mass is 10.1. The molecular weight excluding hydrogens is 293 g/mol. The van der Waals surface area contributed by atoms with Crippen LogP contribution < -0.4 is 0 Å². The molecule has 1 rings (SSSR count). The van der Waals surface area contributed by atoms with Crippen LogP contribution in [0.25, 0.3) is 6.08 Å². The molecule has 122 valence electrons. The minimum Gasteiger partial charge on any atom is -0.463 e. The summed E-state index contributed by atoms with van der Waals surface area (Å²) in [7, 11) is 0. The summed E-state index contributed by atoms with van der Waals surface area (Å²) in [6.07, 6.45) is 8.54. The van der Waals surface area contributed by atoms with Crippen LogP contribution in [0.3, 0.4) is 0 Å². The second-order valence-electron chi connectivity index (χ2n) is 5.06. The Hall–Kier alpha value is -1.78. The third kappa shape index (κ3) is 6.78. The fourth-order valence-electron chi connectivity index (χ4n) is 1.93. The maximum absolute atomic E-state index is 13.3. The van der Waals surface area contributed by atoms with Crippen molar-refractivity contribution >= 4 is 12.0 Å². The van der Waals surface area contributed by atoms with E-state index in [1.165, 1.54) is 19.3 Å². The van der Waals surface area contributed by atoms with E-state index < -0.39 is 23.4 Å². The van der Waals surface area contributed by atoms with Crippen molar-refractivity contribution in [1.29, 1.82) is 0 Å². The van der Waals surface area contributed by atoms with E-state index >= 15 is 0 Å². The number of unbranched alkanes of at least 4 members (excludes halogenated alkanes) is 5. The van der Waals surface area contributed by atoms with Crippen LogP contribution in [0.1, 0.15) is 51.0 Å². The Morgan fingerprint density at radius 1 is 1.00 bits per heavy atom. The Balaban J connectivity index is 2.31. The van der Waals surface area contributed by atoms with Gasteiger partial charge in [-0.1, -0.05) is 39.0 Å². The molecule has 0 radical (unpaired) electrons. The molecule has 0 unspecified atom stereocenters. The summed E-state index contributed by atoms with van der Waals surface area (Å²) < 4.78 is 44.0. The highest BCUT2D eigenvalue weighted by Gasteiger charge is 2.08. The van der Waals surface area contributed by atoms with Crippen molar-refractivity contribution in [2.24, 2.45) is 0 Å². The molecule has 1 aromatic carbocycles. The molecule has 0 aliphatic rings. The van der Waals surface area contributed by atoms with Crippen molar-refractivity contribution in [3.05, 3.63) is 41.2 Å². The summed E-state index contributed by atoms with van der Waals surface area (Å²) >= 11 is 0. The highest BCUT2D eigenvalue weighted by Crippen LogP contribution is 2.15. The molecule has 0 fully saturated rings. The van der Waals surface area contributed by atoms with Crippen LogP contribution in [0.15, 0.2) is 18.2 Å². The van der Waals surface area contributed by atoms with Gasteiger partial charge in [0.25, 0.3) is 0 Å². The Morgan fingerprint density at radius 2 is 1.64 bits per heavy atom. The lowest BCUT2D eigenvalue weighted by Gasteiger charge is -2.02. The van der Waals surface area contributed by atoms with Crippen molar-refractivity contribution in [3.63, 3.8) is 0 Å². The smallest absolute Gasteiger partial charge is 0.330 e. The van der Waals surface area contributed by atoms with Gasteiger partial charge in [-0.2, -0.15) is 0 Å². The molecule has 0 saturated heterocycles. The van der Waals surface area contributed by atoms with Gasteiger partial charge >= 0.3 is 5.97 Å². The monoisotopic (exact) mass is 314 g/mol. The minimum atomic E-state index is -1.26. The molecule has 0 spiro atoms. The molecule has 5 heteroatoms. The number of ether oxygens (including phenoxy) is 1.